The van der Waals surface area contributed by atoms with E-state index in [9.17, 15) is 40.2 Å². The van der Waals surface area contributed by atoms with E-state index in [1.54, 1.807) is 30.4 Å². The Hall–Kier alpha value is -3.06. The Balaban J connectivity index is 2.10. The van der Waals surface area contributed by atoms with Gasteiger partial charge in [-0.05, 0) is 49.6 Å². The summed E-state index contributed by atoms with van der Waals surface area (Å²) in [7, 11) is 0. The number of alkyl halides is 10. The molecule has 3 nitrogen and oxygen atoms in total. The van der Waals surface area contributed by atoms with Crippen molar-refractivity contribution in [1.82, 2.24) is 5.32 Å². The number of benzene rings is 2. The minimum Gasteiger partial charge on any atom is -0.457 e. The summed E-state index contributed by atoms with van der Waals surface area (Å²) in [6, 6.07) is 10.6. The van der Waals surface area contributed by atoms with E-state index in [4.69, 9.17) is 4.74 Å². The maximum absolute atomic E-state index is 15.5. The first-order valence-corrected chi connectivity index (χ1v) is 11.3. The number of aryl methyl sites for hydroxylation is 1. The molecule has 214 valence electrons. The van der Waals surface area contributed by atoms with Gasteiger partial charge in [0.2, 0.25) is 5.72 Å². The standard InChI is InChI=1S/C26H23F10NO2/c1-16-7-3-4-11-20(16)39-19-10-5-9-18(13-19)22(23(27,28)24(29,30)26(34,35)36)12-6-8-17(14-22)15-37-21(2,38)25(31,32)33/h3-13,37-38H,14-15H2,1-2H3. The second kappa shape index (κ2) is 10.2. The molecule has 3 rings (SSSR count). The lowest BCUT2D eigenvalue weighted by molar-refractivity contribution is -0.366. The van der Waals surface area contributed by atoms with E-state index in [0.717, 1.165) is 30.4 Å². The lowest BCUT2D eigenvalue weighted by Crippen LogP contribution is -2.62. The second-order valence-electron chi connectivity index (χ2n) is 9.30. The molecule has 0 amide bonds. The predicted molar refractivity (Wildman–Crippen MR) is 122 cm³/mol. The first-order chi connectivity index (χ1) is 17.8. The Morgan fingerprint density at radius 1 is 0.897 bits per heavy atom. The molecule has 39 heavy (non-hydrogen) atoms. The molecular formula is C26H23F10NO2. The molecule has 1 aliphatic carbocycles. The summed E-state index contributed by atoms with van der Waals surface area (Å²) in [6.45, 7) is 1.03. The van der Waals surface area contributed by atoms with Crippen LogP contribution in [0.15, 0.2) is 72.3 Å². The summed E-state index contributed by atoms with van der Waals surface area (Å²) in [4.78, 5) is 0. The monoisotopic (exact) mass is 571 g/mol. The smallest absolute Gasteiger partial charge is 0.457 e. The average Bonchev–Trinajstić information content (AvgIpc) is 2.83. The molecule has 0 saturated carbocycles. The van der Waals surface area contributed by atoms with Crippen LogP contribution in [0.3, 0.4) is 0 Å². The average molecular weight is 571 g/mol. The molecule has 2 aromatic carbocycles. The van der Waals surface area contributed by atoms with Crippen LogP contribution in [0.1, 0.15) is 24.5 Å². The molecule has 0 aromatic heterocycles. The van der Waals surface area contributed by atoms with E-state index in [1.165, 1.54) is 12.1 Å². The van der Waals surface area contributed by atoms with E-state index in [1.807, 2.05) is 0 Å². The SMILES string of the molecule is Cc1ccccc1Oc1cccc(C2(C(F)(F)C(F)(F)C(F)(F)F)C=CC=C(CNC(C)(O)C(F)(F)F)C2)c1. The van der Waals surface area contributed by atoms with Gasteiger partial charge in [0.15, 0.2) is 0 Å². The number of allylic oxidation sites excluding steroid dienone is 3. The Labute approximate surface area is 216 Å². The van der Waals surface area contributed by atoms with Gasteiger partial charge in [-0.25, -0.2) is 0 Å². The molecule has 13 heteroatoms. The first kappa shape index (κ1) is 30.5. The Kier molecular flexibility index (Phi) is 7.94. The lowest BCUT2D eigenvalue weighted by Gasteiger charge is -2.44. The highest BCUT2D eigenvalue weighted by atomic mass is 19.4. The van der Waals surface area contributed by atoms with Gasteiger partial charge in [0.05, 0.1) is 5.41 Å². The van der Waals surface area contributed by atoms with Gasteiger partial charge in [0.1, 0.15) is 11.5 Å². The van der Waals surface area contributed by atoms with Crippen molar-refractivity contribution in [2.75, 3.05) is 6.54 Å². The molecule has 0 radical (unpaired) electrons. The summed E-state index contributed by atoms with van der Waals surface area (Å²) in [5, 5.41) is 11.3. The lowest BCUT2D eigenvalue weighted by atomic mass is 9.66. The van der Waals surface area contributed by atoms with Crippen LogP contribution in [-0.2, 0) is 5.41 Å². The zero-order valence-electron chi connectivity index (χ0n) is 20.4. The minimum atomic E-state index is -6.66. The maximum atomic E-state index is 15.5. The summed E-state index contributed by atoms with van der Waals surface area (Å²) in [5.41, 5.74) is -7.36. The van der Waals surface area contributed by atoms with Gasteiger partial charge in [0, 0.05) is 6.54 Å². The van der Waals surface area contributed by atoms with Crippen molar-refractivity contribution in [3.05, 3.63) is 83.5 Å². The Morgan fingerprint density at radius 3 is 2.13 bits per heavy atom. The van der Waals surface area contributed by atoms with Crippen molar-refractivity contribution in [3.8, 4) is 11.5 Å². The fourth-order valence-electron chi connectivity index (χ4n) is 4.02. The van der Waals surface area contributed by atoms with Crippen LogP contribution in [0.2, 0.25) is 0 Å². The van der Waals surface area contributed by atoms with Crippen LogP contribution < -0.4 is 10.1 Å². The Morgan fingerprint density at radius 2 is 1.54 bits per heavy atom. The molecule has 0 heterocycles. The number of nitrogens with one attached hydrogen (secondary N) is 1. The normalized spacial score (nSPS) is 20.4. The van der Waals surface area contributed by atoms with Crippen LogP contribution in [0.5, 0.6) is 11.5 Å². The largest absolute Gasteiger partial charge is 0.459 e. The number of halogens is 10. The first-order valence-electron chi connectivity index (χ1n) is 11.3. The highest BCUT2D eigenvalue weighted by molar-refractivity contribution is 5.47. The van der Waals surface area contributed by atoms with Gasteiger partial charge < -0.3 is 9.84 Å². The van der Waals surface area contributed by atoms with Crippen molar-refractivity contribution in [3.63, 3.8) is 0 Å². The molecule has 0 fully saturated rings. The number of hydrogen-bond acceptors (Lipinski definition) is 3. The van der Waals surface area contributed by atoms with Gasteiger partial charge >= 0.3 is 24.2 Å². The van der Waals surface area contributed by atoms with Crippen molar-refractivity contribution >= 4 is 0 Å². The summed E-state index contributed by atoms with van der Waals surface area (Å²) < 4.78 is 144. The van der Waals surface area contributed by atoms with Crippen LogP contribution in [-0.4, -0.2) is 41.6 Å². The van der Waals surface area contributed by atoms with Crippen LogP contribution in [0, 0.1) is 6.92 Å². The van der Waals surface area contributed by atoms with Crippen molar-refractivity contribution < 1.29 is 53.7 Å². The number of hydrogen-bond donors (Lipinski definition) is 2. The second-order valence-corrected chi connectivity index (χ2v) is 9.30. The van der Waals surface area contributed by atoms with Gasteiger partial charge in [-0.1, -0.05) is 54.1 Å². The van der Waals surface area contributed by atoms with E-state index in [2.05, 4.69) is 0 Å². The molecule has 2 N–H and O–H groups in total. The van der Waals surface area contributed by atoms with Gasteiger partial charge in [-0.2, -0.15) is 43.9 Å². The fourth-order valence-corrected chi connectivity index (χ4v) is 4.02. The predicted octanol–water partition coefficient (Wildman–Crippen LogP) is 7.60. The van der Waals surface area contributed by atoms with Crippen LogP contribution in [0.25, 0.3) is 0 Å². The number of aliphatic hydroxyl groups is 1. The van der Waals surface area contributed by atoms with E-state index in [0.29, 0.717) is 18.6 Å². The molecule has 0 saturated heterocycles. The summed E-state index contributed by atoms with van der Waals surface area (Å²) >= 11 is 0. The number of ether oxygens (including phenoxy) is 1. The molecule has 1 aliphatic rings. The quantitative estimate of drug-likeness (QED) is 0.253. The van der Waals surface area contributed by atoms with Gasteiger partial charge in [0.25, 0.3) is 0 Å². The van der Waals surface area contributed by atoms with E-state index >= 15 is 8.78 Å². The molecule has 0 bridgehead atoms. The third kappa shape index (κ3) is 5.65. The number of para-hydroxylation sites is 1. The highest BCUT2D eigenvalue weighted by Gasteiger charge is 2.79. The van der Waals surface area contributed by atoms with Crippen LogP contribution >= 0.6 is 0 Å². The van der Waals surface area contributed by atoms with Crippen molar-refractivity contribution in [1.29, 1.82) is 0 Å². The van der Waals surface area contributed by atoms with E-state index in [-0.39, 0.29) is 11.5 Å². The summed E-state index contributed by atoms with van der Waals surface area (Å²) in [5.74, 6) is -12.3. The fraction of sp³-hybridized carbons (Fsp3) is 0.385. The zero-order valence-corrected chi connectivity index (χ0v) is 20.4. The number of rotatable bonds is 8. The summed E-state index contributed by atoms with van der Waals surface area (Å²) in [6.07, 6.45) is -10.9. The highest BCUT2D eigenvalue weighted by Crippen LogP contribution is 2.58. The van der Waals surface area contributed by atoms with E-state index < -0.39 is 59.4 Å². The molecular weight excluding hydrogens is 548 g/mol. The minimum absolute atomic E-state index is 0.157. The molecule has 0 aliphatic heterocycles. The van der Waals surface area contributed by atoms with Crippen LogP contribution in [0.4, 0.5) is 43.9 Å². The van der Waals surface area contributed by atoms with Gasteiger partial charge in [-0.3, -0.25) is 5.32 Å². The van der Waals surface area contributed by atoms with Crippen molar-refractivity contribution in [2.45, 2.75) is 55.6 Å². The zero-order chi connectivity index (χ0) is 29.5. The Bertz CT molecular complexity index is 1250. The molecule has 2 unspecified atom stereocenters. The topological polar surface area (TPSA) is 41.5 Å². The molecule has 0 spiro atoms. The van der Waals surface area contributed by atoms with Crippen molar-refractivity contribution in [2.24, 2.45) is 0 Å². The third-order valence-corrected chi connectivity index (χ3v) is 6.41. The molecule has 2 aromatic rings. The van der Waals surface area contributed by atoms with Gasteiger partial charge in [-0.15, -0.1) is 0 Å². The third-order valence-electron chi connectivity index (χ3n) is 6.41. The molecule has 2 atom stereocenters. The maximum Gasteiger partial charge on any atom is 0.459 e.